The van der Waals surface area contributed by atoms with Gasteiger partial charge in [-0.3, -0.25) is 0 Å². The molecule has 0 saturated heterocycles. The first kappa shape index (κ1) is 8.61. The Morgan fingerprint density at radius 3 is 3.00 bits per heavy atom. The largest absolute Gasteiger partial charge is 0.497 e. The Labute approximate surface area is 72.6 Å². The summed E-state index contributed by atoms with van der Waals surface area (Å²) in [5.41, 5.74) is 1.14. The zero-order valence-electron chi connectivity index (χ0n) is 7.37. The molecule has 2 heteroatoms. The number of ether oxygens (including phenoxy) is 1. The second-order valence-corrected chi connectivity index (χ2v) is 2.39. The normalized spacial score (nSPS) is 8.50. The molecular formula is C10H12NO+. The minimum Gasteiger partial charge on any atom is -0.497 e. The first-order chi connectivity index (χ1) is 5.86. The number of hydrogen-bond acceptors (Lipinski definition) is 1. The van der Waals surface area contributed by atoms with Gasteiger partial charge in [0.25, 0.3) is 12.6 Å². The first-order valence-corrected chi connectivity index (χ1v) is 3.83. The SMILES string of the molecule is CC#[N+]Cc1cccc(OC)c1. The Morgan fingerprint density at radius 1 is 1.50 bits per heavy atom. The van der Waals surface area contributed by atoms with E-state index in [0.717, 1.165) is 11.3 Å². The molecule has 1 aromatic carbocycles. The molecule has 0 spiro atoms. The van der Waals surface area contributed by atoms with Crippen molar-refractivity contribution in [1.82, 2.24) is 0 Å². The highest BCUT2D eigenvalue weighted by molar-refractivity contribution is 5.29. The Kier molecular flexibility index (Phi) is 3.16. The summed E-state index contributed by atoms with van der Waals surface area (Å²) in [5.74, 6) is 0.874. The van der Waals surface area contributed by atoms with Gasteiger partial charge in [-0.1, -0.05) is 17.0 Å². The van der Waals surface area contributed by atoms with Crippen LogP contribution in [0.3, 0.4) is 0 Å². The molecule has 0 aromatic heterocycles. The molecule has 0 aliphatic rings. The van der Waals surface area contributed by atoms with Gasteiger partial charge in [0.2, 0.25) is 0 Å². The summed E-state index contributed by atoms with van der Waals surface area (Å²) in [6.45, 7) is 2.47. The fourth-order valence-corrected chi connectivity index (χ4v) is 0.941. The molecule has 1 rings (SSSR count). The van der Waals surface area contributed by atoms with Crippen LogP contribution in [0, 0.1) is 6.07 Å². The van der Waals surface area contributed by atoms with Gasteiger partial charge in [0.15, 0.2) is 0 Å². The molecule has 0 aliphatic carbocycles. The van der Waals surface area contributed by atoms with Crippen LogP contribution in [0.25, 0.3) is 4.85 Å². The maximum Gasteiger partial charge on any atom is 0.288 e. The Morgan fingerprint density at radius 2 is 2.33 bits per heavy atom. The van der Waals surface area contributed by atoms with Crippen LogP contribution in [-0.4, -0.2) is 7.11 Å². The van der Waals surface area contributed by atoms with E-state index in [-0.39, 0.29) is 0 Å². The van der Waals surface area contributed by atoms with Crippen molar-refractivity contribution in [2.75, 3.05) is 7.11 Å². The van der Waals surface area contributed by atoms with Crippen LogP contribution in [0.15, 0.2) is 24.3 Å². The molecule has 0 saturated carbocycles. The maximum absolute atomic E-state index is 5.07. The van der Waals surface area contributed by atoms with Crippen molar-refractivity contribution >= 4 is 0 Å². The van der Waals surface area contributed by atoms with E-state index in [1.54, 1.807) is 14.0 Å². The predicted molar refractivity (Wildman–Crippen MR) is 49.6 cm³/mol. The van der Waals surface area contributed by atoms with E-state index in [4.69, 9.17) is 4.74 Å². The standard InChI is InChI=1S/C10H12NO/c1-3-11-8-9-5-4-6-10(7-9)12-2/h4-7H,8H2,1-2H3/q+1. The number of rotatable bonds is 2. The number of hydrogen-bond donors (Lipinski definition) is 0. The Bertz CT molecular complexity index is 309. The topological polar surface area (TPSA) is 13.6 Å². The van der Waals surface area contributed by atoms with Gasteiger partial charge >= 0.3 is 0 Å². The molecule has 0 atom stereocenters. The lowest BCUT2D eigenvalue weighted by Crippen LogP contribution is -1.84. The summed E-state index contributed by atoms with van der Waals surface area (Å²) >= 11 is 0. The van der Waals surface area contributed by atoms with Gasteiger partial charge in [-0.25, -0.2) is 0 Å². The quantitative estimate of drug-likeness (QED) is 0.651. The van der Waals surface area contributed by atoms with E-state index in [2.05, 4.69) is 10.9 Å². The maximum atomic E-state index is 5.07. The lowest BCUT2D eigenvalue weighted by molar-refractivity contribution is 0.414. The van der Waals surface area contributed by atoms with Crippen LogP contribution < -0.4 is 4.74 Å². The molecule has 0 unspecified atom stereocenters. The van der Waals surface area contributed by atoms with Crippen LogP contribution in [-0.2, 0) is 6.54 Å². The van der Waals surface area contributed by atoms with Gasteiger partial charge < -0.3 is 4.74 Å². The van der Waals surface area contributed by atoms with Gasteiger partial charge in [0.05, 0.1) is 14.0 Å². The average Bonchev–Trinajstić information content (AvgIpc) is 2.15. The summed E-state index contributed by atoms with van der Waals surface area (Å²) in [6, 6.07) is 10.6. The fraction of sp³-hybridized carbons (Fsp3) is 0.300. The van der Waals surface area contributed by atoms with Gasteiger partial charge in [-0.15, -0.1) is 0 Å². The summed E-state index contributed by atoms with van der Waals surface area (Å²) in [7, 11) is 1.66. The highest BCUT2D eigenvalue weighted by Gasteiger charge is 1.98. The minimum absolute atomic E-state index is 0.674. The van der Waals surface area contributed by atoms with E-state index >= 15 is 0 Å². The van der Waals surface area contributed by atoms with Crippen molar-refractivity contribution < 1.29 is 4.74 Å². The molecule has 0 radical (unpaired) electrons. The molecule has 2 nitrogen and oxygen atoms in total. The van der Waals surface area contributed by atoms with Crippen LogP contribution in [0.4, 0.5) is 0 Å². The molecule has 0 aliphatic heterocycles. The molecular weight excluding hydrogens is 150 g/mol. The molecule has 0 N–H and O–H groups in total. The highest BCUT2D eigenvalue weighted by atomic mass is 16.5. The Balaban J connectivity index is 2.77. The highest BCUT2D eigenvalue weighted by Crippen LogP contribution is 2.12. The number of nitrogens with zero attached hydrogens (tertiary/aromatic N) is 1. The van der Waals surface area contributed by atoms with Crippen LogP contribution >= 0.6 is 0 Å². The van der Waals surface area contributed by atoms with E-state index < -0.39 is 0 Å². The van der Waals surface area contributed by atoms with E-state index in [1.165, 1.54) is 0 Å². The van der Waals surface area contributed by atoms with Crippen molar-refractivity contribution in [3.8, 4) is 11.8 Å². The zero-order valence-corrected chi connectivity index (χ0v) is 7.37. The zero-order chi connectivity index (χ0) is 8.81. The average molecular weight is 162 g/mol. The minimum atomic E-state index is 0.674. The van der Waals surface area contributed by atoms with Crippen LogP contribution in [0.5, 0.6) is 5.75 Å². The molecule has 62 valence electrons. The summed E-state index contributed by atoms with van der Waals surface area (Å²) in [4.78, 5) is 4.01. The van der Waals surface area contributed by atoms with Gasteiger partial charge in [-0.05, 0) is 12.1 Å². The summed E-state index contributed by atoms with van der Waals surface area (Å²) < 4.78 is 5.07. The summed E-state index contributed by atoms with van der Waals surface area (Å²) in [5, 5.41) is 0. The van der Waals surface area contributed by atoms with Gasteiger partial charge in [0, 0.05) is 5.56 Å². The third-order valence-corrected chi connectivity index (χ3v) is 1.55. The smallest absolute Gasteiger partial charge is 0.288 e. The monoisotopic (exact) mass is 162 g/mol. The predicted octanol–water partition coefficient (Wildman–Crippen LogP) is 2.55. The van der Waals surface area contributed by atoms with Crippen LogP contribution in [0.1, 0.15) is 12.5 Å². The van der Waals surface area contributed by atoms with Crippen molar-refractivity contribution in [2.24, 2.45) is 0 Å². The second-order valence-electron chi connectivity index (χ2n) is 2.39. The third kappa shape index (κ3) is 2.28. The van der Waals surface area contributed by atoms with Crippen molar-refractivity contribution in [1.29, 1.82) is 0 Å². The van der Waals surface area contributed by atoms with Crippen molar-refractivity contribution in [3.05, 3.63) is 34.7 Å². The van der Waals surface area contributed by atoms with E-state index in [0.29, 0.717) is 6.54 Å². The van der Waals surface area contributed by atoms with Gasteiger partial charge in [-0.2, -0.15) is 0 Å². The molecule has 12 heavy (non-hydrogen) atoms. The first-order valence-electron chi connectivity index (χ1n) is 3.83. The molecule has 0 heterocycles. The molecule has 0 fully saturated rings. The van der Waals surface area contributed by atoms with Crippen molar-refractivity contribution in [3.63, 3.8) is 0 Å². The van der Waals surface area contributed by atoms with E-state index in [9.17, 15) is 0 Å². The molecule has 0 bridgehead atoms. The number of benzene rings is 1. The third-order valence-electron chi connectivity index (χ3n) is 1.55. The molecule has 1 aromatic rings. The second kappa shape index (κ2) is 4.40. The lowest BCUT2D eigenvalue weighted by Gasteiger charge is -1.97. The fourth-order valence-electron chi connectivity index (χ4n) is 0.941. The summed E-state index contributed by atoms with van der Waals surface area (Å²) in [6.07, 6.45) is 0. The molecule has 0 amide bonds. The lowest BCUT2D eigenvalue weighted by atomic mass is 10.2. The van der Waals surface area contributed by atoms with Crippen molar-refractivity contribution in [2.45, 2.75) is 13.5 Å². The van der Waals surface area contributed by atoms with Crippen LogP contribution in [0.2, 0.25) is 0 Å². The number of methoxy groups -OCH3 is 1. The van der Waals surface area contributed by atoms with Gasteiger partial charge in [0.1, 0.15) is 5.75 Å². The Hall–Kier alpha value is -1.49. The van der Waals surface area contributed by atoms with E-state index in [1.807, 2.05) is 24.3 Å².